The number of phenolic OH excluding ortho intramolecular Hbond substituents is 1. The summed E-state index contributed by atoms with van der Waals surface area (Å²) in [6.45, 7) is 0. The summed E-state index contributed by atoms with van der Waals surface area (Å²) in [6.07, 6.45) is 0. The first-order valence-electron chi connectivity index (χ1n) is 6.60. The molecule has 1 amide bonds. The maximum Gasteiger partial charge on any atom is 0.255 e. The Kier molecular flexibility index (Phi) is 5.33. The molecular weight excluding hydrogens is 366 g/mol. The molecule has 0 atom stereocenters. The molecule has 2 aromatic rings. The minimum atomic E-state index is -0.346. The SMILES string of the molecule is COc1cc(C(=O)Nc2ccc(O)c(Br)c2)cc(OC)c1OC. The van der Waals surface area contributed by atoms with Gasteiger partial charge in [-0.2, -0.15) is 0 Å². The molecule has 0 fully saturated rings. The number of halogens is 1. The second kappa shape index (κ2) is 7.23. The Morgan fingerprint density at radius 2 is 1.65 bits per heavy atom. The molecule has 0 aliphatic rings. The van der Waals surface area contributed by atoms with Crippen molar-refractivity contribution in [2.75, 3.05) is 26.6 Å². The van der Waals surface area contributed by atoms with E-state index in [4.69, 9.17) is 14.2 Å². The highest BCUT2D eigenvalue weighted by molar-refractivity contribution is 9.10. The summed E-state index contributed by atoms with van der Waals surface area (Å²) in [6, 6.07) is 7.80. The van der Waals surface area contributed by atoms with E-state index in [2.05, 4.69) is 21.2 Å². The van der Waals surface area contributed by atoms with E-state index in [9.17, 15) is 9.90 Å². The molecule has 0 heterocycles. The summed E-state index contributed by atoms with van der Waals surface area (Å²) < 4.78 is 16.2. The van der Waals surface area contributed by atoms with Gasteiger partial charge < -0.3 is 24.6 Å². The second-order valence-corrected chi connectivity index (χ2v) is 5.39. The lowest BCUT2D eigenvalue weighted by atomic mass is 10.1. The maximum atomic E-state index is 12.4. The summed E-state index contributed by atoms with van der Waals surface area (Å²) in [5.74, 6) is 0.948. The molecule has 0 unspecified atom stereocenters. The van der Waals surface area contributed by atoms with Gasteiger partial charge in [0.05, 0.1) is 25.8 Å². The number of nitrogens with one attached hydrogen (secondary N) is 1. The highest BCUT2D eigenvalue weighted by Crippen LogP contribution is 2.38. The fourth-order valence-electron chi connectivity index (χ4n) is 2.00. The van der Waals surface area contributed by atoms with Crippen molar-refractivity contribution in [1.82, 2.24) is 0 Å². The quantitative estimate of drug-likeness (QED) is 0.775. The van der Waals surface area contributed by atoms with Crippen molar-refractivity contribution in [2.24, 2.45) is 0 Å². The number of phenols is 1. The minimum absolute atomic E-state index is 0.0933. The van der Waals surface area contributed by atoms with Crippen molar-refractivity contribution < 1.29 is 24.1 Å². The Hall–Kier alpha value is -2.41. The van der Waals surface area contributed by atoms with Crippen LogP contribution >= 0.6 is 15.9 Å². The van der Waals surface area contributed by atoms with Crippen LogP contribution in [0.1, 0.15) is 10.4 Å². The van der Waals surface area contributed by atoms with Crippen LogP contribution in [0, 0.1) is 0 Å². The summed E-state index contributed by atoms with van der Waals surface area (Å²) in [5.41, 5.74) is 0.886. The smallest absolute Gasteiger partial charge is 0.255 e. The minimum Gasteiger partial charge on any atom is -0.507 e. The van der Waals surface area contributed by atoms with Crippen molar-refractivity contribution in [1.29, 1.82) is 0 Å². The zero-order valence-electron chi connectivity index (χ0n) is 12.8. The predicted octanol–water partition coefficient (Wildman–Crippen LogP) is 3.43. The van der Waals surface area contributed by atoms with Crippen LogP contribution in [0.4, 0.5) is 5.69 Å². The van der Waals surface area contributed by atoms with Crippen molar-refractivity contribution in [3.8, 4) is 23.0 Å². The molecular formula is C16H16BrNO5. The third-order valence-corrected chi connectivity index (χ3v) is 3.77. The molecule has 2 aromatic carbocycles. The van der Waals surface area contributed by atoms with Gasteiger partial charge in [-0.1, -0.05) is 0 Å². The van der Waals surface area contributed by atoms with Gasteiger partial charge in [-0.3, -0.25) is 4.79 Å². The molecule has 0 spiro atoms. The van der Waals surface area contributed by atoms with Gasteiger partial charge in [0.15, 0.2) is 11.5 Å². The fraction of sp³-hybridized carbons (Fsp3) is 0.188. The maximum absolute atomic E-state index is 12.4. The number of amides is 1. The van der Waals surface area contributed by atoms with Crippen molar-refractivity contribution in [3.05, 3.63) is 40.4 Å². The Morgan fingerprint density at radius 3 is 2.13 bits per heavy atom. The van der Waals surface area contributed by atoms with Crippen LogP contribution in [0.25, 0.3) is 0 Å². The molecule has 2 rings (SSSR count). The fourth-order valence-corrected chi connectivity index (χ4v) is 2.38. The molecule has 2 N–H and O–H groups in total. The number of anilines is 1. The van der Waals surface area contributed by atoms with Gasteiger partial charge in [-0.05, 0) is 46.3 Å². The van der Waals surface area contributed by atoms with Gasteiger partial charge in [0, 0.05) is 11.3 Å². The number of hydrogen-bond donors (Lipinski definition) is 2. The van der Waals surface area contributed by atoms with Gasteiger partial charge in [0.25, 0.3) is 5.91 Å². The molecule has 0 bridgehead atoms. The average Bonchev–Trinajstić information content (AvgIpc) is 2.56. The third kappa shape index (κ3) is 3.68. The summed E-state index contributed by atoms with van der Waals surface area (Å²) in [7, 11) is 4.46. The molecule has 0 aliphatic carbocycles. The molecule has 0 aliphatic heterocycles. The second-order valence-electron chi connectivity index (χ2n) is 4.53. The first kappa shape index (κ1) is 17.0. The number of aromatic hydroxyl groups is 1. The van der Waals surface area contributed by atoms with Gasteiger partial charge in [-0.25, -0.2) is 0 Å². The topological polar surface area (TPSA) is 77.0 Å². The summed E-state index contributed by atoms with van der Waals surface area (Å²) in [5, 5.41) is 12.2. The van der Waals surface area contributed by atoms with E-state index in [0.29, 0.717) is 33.0 Å². The van der Waals surface area contributed by atoms with E-state index in [1.54, 1.807) is 24.3 Å². The number of hydrogen-bond acceptors (Lipinski definition) is 5. The lowest BCUT2D eigenvalue weighted by molar-refractivity contribution is 0.102. The Morgan fingerprint density at radius 1 is 1.04 bits per heavy atom. The molecule has 6 nitrogen and oxygen atoms in total. The Balaban J connectivity index is 2.33. The summed E-state index contributed by atoms with van der Waals surface area (Å²) >= 11 is 3.20. The Labute approximate surface area is 142 Å². The molecule has 7 heteroatoms. The van der Waals surface area contributed by atoms with Crippen LogP contribution < -0.4 is 19.5 Å². The normalized spacial score (nSPS) is 10.1. The predicted molar refractivity (Wildman–Crippen MR) is 89.9 cm³/mol. The van der Waals surface area contributed by atoms with Gasteiger partial charge in [-0.15, -0.1) is 0 Å². The van der Waals surface area contributed by atoms with Crippen LogP contribution in [0.5, 0.6) is 23.0 Å². The lowest BCUT2D eigenvalue weighted by Gasteiger charge is -2.14. The van der Waals surface area contributed by atoms with E-state index in [-0.39, 0.29) is 11.7 Å². The number of ether oxygens (including phenoxy) is 3. The largest absolute Gasteiger partial charge is 0.507 e. The number of benzene rings is 2. The van der Waals surface area contributed by atoms with Gasteiger partial charge >= 0.3 is 0 Å². The summed E-state index contributed by atoms with van der Waals surface area (Å²) in [4.78, 5) is 12.4. The number of carbonyl (C=O) groups is 1. The van der Waals surface area contributed by atoms with Gasteiger partial charge in [0.2, 0.25) is 5.75 Å². The van der Waals surface area contributed by atoms with Crippen molar-refractivity contribution in [3.63, 3.8) is 0 Å². The Bertz CT molecular complexity index is 707. The first-order chi connectivity index (χ1) is 11.0. The van der Waals surface area contributed by atoms with E-state index in [1.807, 2.05) is 0 Å². The van der Waals surface area contributed by atoms with Gasteiger partial charge in [0.1, 0.15) is 5.75 Å². The van der Waals surface area contributed by atoms with E-state index in [1.165, 1.54) is 27.4 Å². The molecule has 122 valence electrons. The first-order valence-corrected chi connectivity index (χ1v) is 7.39. The average molecular weight is 382 g/mol. The monoisotopic (exact) mass is 381 g/mol. The number of rotatable bonds is 5. The lowest BCUT2D eigenvalue weighted by Crippen LogP contribution is -2.12. The van der Waals surface area contributed by atoms with E-state index < -0.39 is 0 Å². The van der Waals surface area contributed by atoms with Crippen molar-refractivity contribution in [2.45, 2.75) is 0 Å². The van der Waals surface area contributed by atoms with Crippen LogP contribution in [0.3, 0.4) is 0 Å². The molecule has 0 radical (unpaired) electrons. The molecule has 0 saturated carbocycles. The molecule has 0 saturated heterocycles. The van der Waals surface area contributed by atoms with Crippen LogP contribution in [0.2, 0.25) is 0 Å². The van der Waals surface area contributed by atoms with E-state index >= 15 is 0 Å². The molecule has 23 heavy (non-hydrogen) atoms. The van der Waals surface area contributed by atoms with Crippen LogP contribution in [-0.4, -0.2) is 32.3 Å². The van der Waals surface area contributed by atoms with Crippen LogP contribution in [-0.2, 0) is 0 Å². The van der Waals surface area contributed by atoms with E-state index in [0.717, 1.165) is 0 Å². The highest BCUT2D eigenvalue weighted by Gasteiger charge is 2.17. The van der Waals surface area contributed by atoms with Crippen LogP contribution in [0.15, 0.2) is 34.8 Å². The standard InChI is InChI=1S/C16H16BrNO5/c1-21-13-6-9(7-14(22-2)15(13)23-3)16(20)18-10-4-5-12(19)11(17)8-10/h4-8,19H,1-3H3,(H,18,20). The zero-order chi connectivity index (χ0) is 17.0. The highest BCUT2D eigenvalue weighted by atomic mass is 79.9. The third-order valence-electron chi connectivity index (χ3n) is 3.13. The number of carbonyl (C=O) groups excluding carboxylic acids is 1. The van der Waals surface area contributed by atoms with Crippen molar-refractivity contribution >= 4 is 27.5 Å². The zero-order valence-corrected chi connectivity index (χ0v) is 14.4. The number of methoxy groups -OCH3 is 3. The molecule has 0 aromatic heterocycles.